The lowest BCUT2D eigenvalue weighted by Crippen LogP contribution is -2.24. The largest absolute Gasteiger partial charge is 0.481 e. The van der Waals surface area contributed by atoms with E-state index in [9.17, 15) is 22.8 Å². The molecule has 2 aromatic rings. The van der Waals surface area contributed by atoms with Crippen LogP contribution in [0.25, 0.3) is 10.9 Å². The van der Waals surface area contributed by atoms with Crippen LogP contribution in [0.2, 0.25) is 5.02 Å². The molecule has 1 atom stereocenters. The second-order valence-electron chi connectivity index (χ2n) is 9.56. The number of Topliss-reactive ketones (excluding diaryl/α,β-unsaturated/α-hetero) is 1. The summed E-state index contributed by atoms with van der Waals surface area (Å²) in [6, 6.07) is 5.40. The average Bonchev–Trinajstić information content (AvgIpc) is 3.44. The highest BCUT2D eigenvalue weighted by Gasteiger charge is 2.62. The molecule has 1 aromatic carbocycles. The van der Waals surface area contributed by atoms with E-state index in [1.807, 2.05) is 17.7 Å². The van der Waals surface area contributed by atoms with E-state index in [1.165, 1.54) is 0 Å². The molecule has 0 radical (unpaired) electrons. The minimum atomic E-state index is -4.09. The summed E-state index contributed by atoms with van der Waals surface area (Å²) in [5.74, 6) is -1.33. The number of benzene rings is 1. The first-order valence-electron chi connectivity index (χ1n) is 11.5. The highest BCUT2D eigenvalue weighted by molar-refractivity contribution is 6.31. The van der Waals surface area contributed by atoms with E-state index in [0.717, 1.165) is 35.9 Å². The molecule has 33 heavy (non-hydrogen) atoms. The lowest BCUT2D eigenvalue weighted by atomic mass is 9.94. The number of carbonyl (C=O) groups excluding carboxylic acids is 1. The molecule has 0 amide bonds. The lowest BCUT2D eigenvalue weighted by molar-refractivity contribution is -0.189. The molecule has 0 aliphatic heterocycles. The maximum Gasteiger partial charge on any atom is 0.394 e. The smallest absolute Gasteiger partial charge is 0.394 e. The molecule has 1 heterocycles. The molecule has 3 rings (SSSR count). The number of hydrogen-bond donors (Lipinski definition) is 1. The summed E-state index contributed by atoms with van der Waals surface area (Å²) in [7, 11) is 1.89. The molecule has 0 saturated heterocycles. The number of carbonyl (C=O) groups is 2. The molecular weight excluding hydrogens is 455 g/mol. The van der Waals surface area contributed by atoms with Crippen LogP contribution in [0.5, 0.6) is 0 Å². The van der Waals surface area contributed by atoms with Gasteiger partial charge in [-0.2, -0.15) is 13.2 Å². The van der Waals surface area contributed by atoms with Gasteiger partial charge in [-0.05, 0) is 56.2 Å². The van der Waals surface area contributed by atoms with Crippen LogP contribution in [0.15, 0.2) is 18.2 Å². The first kappa shape index (κ1) is 25.6. The quantitative estimate of drug-likeness (QED) is 0.252. The van der Waals surface area contributed by atoms with Gasteiger partial charge < -0.3 is 9.67 Å². The summed E-state index contributed by atoms with van der Waals surface area (Å²) in [6.45, 7) is 1.75. The number of aromatic nitrogens is 1. The van der Waals surface area contributed by atoms with Gasteiger partial charge in [-0.15, -0.1) is 0 Å². The lowest BCUT2D eigenvalue weighted by Gasteiger charge is -2.18. The van der Waals surface area contributed by atoms with Crippen LogP contribution in [-0.2, 0) is 18.3 Å². The minimum Gasteiger partial charge on any atom is -0.481 e. The number of unbranched alkanes of at least 4 members (excludes halogenated alkanes) is 3. The molecule has 182 valence electrons. The van der Waals surface area contributed by atoms with Crippen LogP contribution < -0.4 is 0 Å². The first-order valence-corrected chi connectivity index (χ1v) is 11.9. The monoisotopic (exact) mass is 485 g/mol. The fraction of sp³-hybridized carbons (Fsp3) is 0.600. The van der Waals surface area contributed by atoms with Crippen LogP contribution in [-0.4, -0.2) is 27.6 Å². The van der Waals surface area contributed by atoms with E-state index in [0.29, 0.717) is 23.4 Å². The molecule has 8 heteroatoms. The Bertz CT molecular complexity index is 1020. The van der Waals surface area contributed by atoms with E-state index in [-0.39, 0.29) is 43.8 Å². The van der Waals surface area contributed by atoms with Crippen LogP contribution in [0.3, 0.4) is 0 Å². The van der Waals surface area contributed by atoms with Crippen molar-refractivity contribution in [2.24, 2.45) is 18.4 Å². The fourth-order valence-corrected chi connectivity index (χ4v) is 4.97. The minimum absolute atomic E-state index is 0.0774. The molecule has 1 fully saturated rings. The maximum atomic E-state index is 13.2. The van der Waals surface area contributed by atoms with Crippen molar-refractivity contribution in [2.45, 2.75) is 77.3 Å². The SMILES string of the molecule is C[C@H](CC(=O)O)CC(=O)c1c(CCCCCCC2(C(F)(F)F)CC2)n(C)c2ccc(Cl)cc12. The Labute approximate surface area is 197 Å². The number of aliphatic carboxylic acids is 1. The molecule has 0 unspecified atom stereocenters. The molecule has 0 spiro atoms. The van der Waals surface area contributed by atoms with Crippen molar-refractivity contribution in [3.8, 4) is 0 Å². The third kappa shape index (κ3) is 5.92. The molecule has 0 bridgehead atoms. The van der Waals surface area contributed by atoms with E-state index >= 15 is 0 Å². The number of fused-ring (bicyclic) bond motifs is 1. The van der Waals surface area contributed by atoms with Gasteiger partial charge in [-0.25, -0.2) is 0 Å². The van der Waals surface area contributed by atoms with Crippen molar-refractivity contribution in [3.63, 3.8) is 0 Å². The average molecular weight is 486 g/mol. The Morgan fingerprint density at radius 1 is 1.15 bits per heavy atom. The predicted molar refractivity (Wildman–Crippen MR) is 123 cm³/mol. The van der Waals surface area contributed by atoms with Crippen molar-refractivity contribution in [2.75, 3.05) is 0 Å². The second-order valence-corrected chi connectivity index (χ2v) is 10.0. The number of nitrogens with zero attached hydrogens (tertiary/aromatic N) is 1. The summed E-state index contributed by atoms with van der Waals surface area (Å²) in [6.07, 6.45) is 0.134. The van der Waals surface area contributed by atoms with Gasteiger partial charge in [0, 0.05) is 47.1 Å². The van der Waals surface area contributed by atoms with Crippen LogP contribution >= 0.6 is 11.6 Å². The zero-order chi connectivity index (χ0) is 24.4. The Morgan fingerprint density at radius 2 is 1.82 bits per heavy atom. The number of aryl methyl sites for hydroxylation is 1. The zero-order valence-electron chi connectivity index (χ0n) is 19.1. The summed E-state index contributed by atoms with van der Waals surface area (Å²) < 4.78 is 41.2. The van der Waals surface area contributed by atoms with Gasteiger partial charge in [0.15, 0.2) is 5.78 Å². The van der Waals surface area contributed by atoms with Crippen LogP contribution in [0.1, 0.15) is 80.8 Å². The zero-order valence-corrected chi connectivity index (χ0v) is 19.9. The highest BCUT2D eigenvalue weighted by atomic mass is 35.5. The summed E-state index contributed by atoms with van der Waals surface area (Å²) >= 11 is 6.19. The Morgan fingerprint density at radius 3 is 2.42 bits per heavy atom. The topological polar surface area (TPSA) is 59.3 Å². The van der Waals surface area contributed by atoms with Gasteiger partial charge in [-0.1, -0.05) is 37.8 Å². The fourth-order valence-electron chi connectivity index (χ4n) is 4.80. The Hall–Kier alpha value is -2.02. The van der Waals surface area contributed by atoms with Crippen molar-refractivity contribution in [1.82, 2.24) is 4.57 Å². The van der Waals surface area contributed by atoms with E-state index in [2.05, 4.69) is 0 Å². The van der Waals surface area contributed by atoms with Crippen LogP contribution in [0, 0.1) is 11.3 Å². The first-order chi connectivity index (χ1) is 15.4. The number of halogens is 4. The molecule has 1 aliphatic rings. The van der Waals surface area contributed by atoms with Gasteiger partial charge in [0.05, 0.1) is 5.41 Å². The predicted octanol–water partition coefficient (Wildman–Crippen LogP) is 7.35. The Balaban J connectivity index is 1.67. The van der Waals surface area contributed by atoms with E-state index < -0.39 is 17.6 Å². The maximum absolute atomic E-state index is 13.2. The van der Waals surface area contributed by atoms with Gasteiger partial charge in [0.25, 0.3) is 0 Å². The normalized spacial score (nSPS) is 16.2. The summed E-state index contributed by atoms with van der Waals surface area (Å²) in [5.41, 5.74) is 0.897. The number of carboxylic acid groups (broad SMARTS) is 1. The summed E-state index contributed by atoms with van der Waals surface area (Å²) in [5, 5.41) is 10.3. The molecule has 1 N–H and O–H groups in total. The van der Waals surface area contributed by atoms with E-state index in [4.69, 9.17) is 16.7 Å². The van der Waals surface area contributed by atoms with Crippen molar-refractivity contribution in [3.05, 3.63) is 34.5 Å². The number of rotatable bonds is 12. The third-order valence-corrected chi connectivity index (χ3v) is 7.13. The van der Waals surface area contributed by atoms with Crippen molar-refractivity contribution in [1.29, 1.82) is 0 Å². The second kappa shape index (κ2) is 10.1. The molecule has 1 aromatic heterocycles. The van der Waals surface area contributed by atoms with Crippen LogP contribution in [0.4, 0.5) is 13.2 Å². The van der Waals surface area contributed by atoms with Gasteiger partial charge in [0.1, 0.15) is 0 Å². The van der Waals surface area contributed by atoms with Crippen molar-refractivity contribution >= 4 is 34.3 Å². The van der Waals surface area contributed by atoms with Gasteiger partial charge >= 0.3 is 12.1 Å². The van der Waals surface area contributed by atoms with Crippen molar-refractivity contribution < 1.29 is 27.9 Å². The number of carboxylic acids is 1. The molecule has 1 aliphatic carbocycles. The molecular formula is C25H31ClF3NO3. The molecule has 4 nitrogen and oxygen atoms in total. The summed E-state index contributed by atoms with van der Waals surface area (Å²) in [4.78, 5) is 24.2. The van der Waals surface area contributed by atoms with Gasteiger partial charge in [0.2, 0.25) is 0 Å². The highest BCUT2D eigenvalue weighted by Crippen LogP contribution is 2.60. The number of ketones is 1. The third-order valence-electron chi connectivity index (χ3n) is 6.89. The standard InChI is InChI=1S/C25H31ClF3NO3/c1-16(14-22(32)33)13-21(31)23-18-15-17(26)8-9-19(18)30(2)20(23)7-5-3-4-6-10-24(11-12-24)25(27,28)29/h8-9,15-16H,3-7,10-14H2,1-2H3,(H,32,33)/t16-/m0/s1. The number of hydrogen-bond acceptors (Lipinski definition) is 2. The van der Waals surface area contributed by atoms with Gasteiger partial charge in [-0.3, -0.25) is 9.59 Å². The number of alkyl halides is 3. The Kier molecular flexibility index (Phi) is 7.82. The molecule has 1 saturated carbocycles. The van der Waals surface area contributed by atoms with E-state index in [1.54, 1.807) is 19.1 Å².